The summed E-state index contributed by atoms with van der Waals surface area (Å²) in [5.74, 6) is 0. The molecule has 0 aliphatic heterocycles. The minimum atomic E-state index is 0.259. The van der Waals surface area contributed by atoms with Crippen LogP contribution >= 0.6 is 11.5 Å². The van der Waals surface area contributed by atoms with Gasteiger partial charge in [0, 0.05) is 19.2 Å². The molecule has 1 N–H and O–H groups in total. The summed E-state index contributed by atoms with van der Waals surface area (Å²) in [5.41, 5.74) is 2.37. The second-order valence-electron chi connectivity index (χ2n) is 3.97. The molecular weight excluding hydrogens is 234 g/mol. The van der Waals surface area contributed by atoms with Crippen LogP contribution in [-0.4, -0.2) is 26.4 Å². The van der Waals surface area contributed by atoms with E-state index in [1.807, 2.05) is 25.0 Å². The van der Waals surface area contributed by atoms with Gasteiger partial charge in [-0.1, -0.05) is 11.4 Å². The summed E-state index contributed by atoms with van der Waals surface area (Å²) in [4.78, 5) is 1.16. The minimum absolute atomic E-state index is 0.259. The van der Waals surface area contributed by atoms with E-state index in [1.54, 1.807) is 0 Å². The summed E-state index contributed by atoms with van der Waals surface area (Å²) >= 11 is 1.44. The van der Waals surface area contributed by atoms with Crippen LogP contribution < -0.4 is 5.32 Å². The van der Waals surface area contributed by atoms with E-state index in [0.29, 0.717) is 0 Å². The molecule has 2 aromatic rings. The van der Waals surface area contributed by atoms with Crippen molar-refractivity contribution < 1.29 is 0 Å². The Labute approximate surface area is 105 Å². The van der Waals surface area contributed by atoms with Crippen molar-refractivity contribution in [1.82, 2.24) is 24.7 Å². The molecule has 5 nitrogen and oxygen atoms in total. The molecule has 0 aromatic carbocycles. The standard InChI is InChI=1S/C11H17N5S/c1-4-8-5-9(16(3)14-8)6-10(12-2)11-7-13-15-17-11/h5,7,10,12H,4,6H2,1-3H3. The number of hydrogen-bond donors (Lipinski definition) is 1. The maximum atomic E-state index is 4.46. The van der Waals surface area contributed by atoms with E-state index < -0.39 is 0 Å². The summed E-state index contributed by atoms with van der Waals surface area (Å²) < 4.78 is 5.86. The van der Waals surface area contributed by atoms with Crippen LogP contribution in [0.5, 0.6) is 0 Å². The van der Waals surface area contributed by atoms with Crippen molar-refractivity contribution in [1.29, 1.82) is 0 Å². The highest BCUT2D eigenvalue weighted by Crippen LogP contribution is 2.20. The van der Waals surface area contributed by atoms with E-state index >= 15 is 0 Å². The first-order chi connectivity index (χ1) is 8.24. The molecular formula is C11H17N5S. The van der Waals surface area contributed by atoms with Gasteiger partial charge in [-0.05, 0) is 31.1 Å². The summed E-state index contributed by atoms with van der Waals surface area (Å²) in [7, 11) is 3.95. The van der Waals surface area contributed by atoms with Crippen molar-refractivity contribution in [3.63, 3.8) is 0 Å². The molecule has 1 atom stereocenters. The van der Waals surface area contributed by atoms with Crippen LogP contribution in [0.15, 0.2) is 12.3 Å². The molecule has 0 amide bonds. The lowest BCUT2D eigenvalue weighted by Crippen LogP contribution is -2.19. The molecule has 0 spiro atoms. The number of rotatable bonds is 5. The summed E-state index contributed by atoms with van der Waals surface area (Å²) in [6.07, 6.45) is 3.70. The average Bonchev–Trinajstić information content (AvgIpc) is 2.96. The van der Waals surface area contributed by atoms with Gasteiger partial charge in [-0.3, -0.25) is 4.68 Å². The first-order valence-electron chi connectivity index (χ1n) is 5.71. The molecule has 6 heteroatoms. The van der Waals surface area contributed by atoms with E-state index in [-0.39, 0.29) is 6.04 Å². The Morgan fingerprint density at radius 3 is 2.88 bits per heavy atom. The second kappa shape index (κ2) is 5.37. The van der Waals surface area contributed by atoms with Crippen molar-refractivity contribution in [3.05, 3.63) is 28.5 Å². The number of likely N-dealkylation sites (N-methyl/N-ethyl adjacent to an activating group) is 1. The zero-order valence-corrected chi connectivity index (χ0v) is 11.2. The molecule has 1 unspecified atom stereocenters. The quantitative estimate of drug-likeness (QED) is 0.871. The number of nitrogens with zero attached hydrogens (tertiary/aromatic N) is 4. The van der Waals surface area contributed by atoms with Gasteiger partial charge in [-0.25, -0.2) is 0 Å². The Hall–Kier alpha value is -1.27. The van der Waals surface area contributed by atoms with Crippen molar-refractivity contribution in [2.75, 3.05) is 7.05 Å². The first-order valence-corrected chi connectivity index (χ1v) is 6.48. The van der Waals surface area contributed by atoms with Crippen LogP contribution in [0.4, 0.5) is 0 Å². The molecule has 2 aromatic heterocycles. The largest absolute Gasteiger partial charge is 0.312 e. The normalized spacial score (nSPS) is 12.9. The lowest BCUT2D eigenvalue weighted by Gasteiger charge is -2.13. The molecule has 0 bridgehead atoms. The number of aromatic nitrogens is 4. The van der Waals surface area contributed by atoms with Crippen LogP contribution in [0, 0.1) is 0 Å². The fraction of sp³-hybridized carbons (Fsp3) is 0.545. The van der Waals surface area contributed by atoms with Gasteiger partial charge in [-0.15, -0.1) is 5.10 Å². The van der Waals surface area contributed by atoms with Gasteiger partial charge in [0.1, 0.15) is 0 Å². The molecule has 0 radical (unpaired) electrons. The number of aryl methyl sites for hydroxylation is 2. The Morgan fingerprint density at radius 1 is 1.53 bits per heavy atom. The predicted molar refractivity (Wildman–Crippen MR) is 68.0 cm³/mol. The molecule has 0 aliphatic rings. The third kappa shape index (κ3) is 2.70. The predicted octanol–water partition coefficient (Wildman–Crippen LogP) is 1.34. The fourth-order valence-electron chi connectivity index (χ4n) is 1.82. The van der Waals surface area contributed by atoms with E-state index in [0.717, 1.165) is 23.4 Å². The Balaban J connectivity index is 2.15. The lowest BCUT2D eigenvalue weighted by molar-refractivity contribution is 0.568. The van der Waals surface area contributed by atoms with E-state index in [1.165, 1.54) is 17.2 Å². The number of hydrogen-bond acceptors (Lipinski definition) is 5. The molecule has 92 valence electrons. The smallest absolute Gasteiger partial charge is 0.0669 e. The van der Waals surface area contributed by atoms with Crippen molar-refractivity contribution in [2.45, 2.75) is 25.8 Å². The zero-order chi connectivity index (χ0) is 12.3. The van der Waals surface area contributed by atoms with Crippen LogP contribution in [0.2, 0.25) is 0 Å². The third-order valence-electron chi connectivity index (χ3n) is 2.87. The highest BCUT2D eigenvalue weighted by Gasteiger charge is 2.15. The van der Waals surface area contributed by atoms with Gasteiger partial charge in [0.25, 0.3) is 0 Å². The van der Waals surface area contributed by atoms with Crippen LogP contribution in [-0.2, 0) is 19.9 Å². The third-order valence-corrected chi connectivity index (χ3v) is 3.65. The van der Waals surface area contributed by atoms with Crippen LogP contribution in [0.1, 0.15) is 29.2 Å². The van der Waals surface area contributed by atoms with E-state index in [9.17, 15) is 0 Å². The summed E-state index contributed by atoms with van der Waals surface area (Å²) in [5, 5.41) is 11.6. The van der Waals surface area contributed by atoms with E-state index in [4.69, 9.17) is 0 Å². The molecule has 0 saturated carbocycles. The molecule has 2 rings (SSSR count). The van der Waals surface area contributed by atoms with Gasteiger partial charge in [0.15, 0.2) is 0 Å². The van der Waals surface area contributed by atoms with Crippen LogP contribution in [0.25, 0.3) is 0 Å². The fourth-order valence-corrected chi connectivity index (χ4v) is 2.43. The van der Waals surface area contributed by atoms with Gasteiger partial charge < -0.3 is 5.32 Å². The molecule has 0 fully saturated rings. The zero-order valence-electron chi connectivity index (χ0n) is 10.3. The Bertz CT molecular complexity index is 462. The van der Waals surface area contributed by atoms with E-state index in [2.05, 4.69) is 33.0 Å². The Morgan fingerprint density at radius 2 is 2.35 bits per heavy atom. The minimum Gasteiger partial charge on any atom is -0.312 e. The maximum absolute atomic E-state index is 4.46. The van der Waals surface area contributed by atoms with Gasteiger partial charge in [0.05, 0.1) is 22.8 Å². The highest BCUT2D eigenvalue weighted by atomic mass is 32.1. The Kier molecular flexibility index (Phi) is 3.86. The molecule has 0 saturated heterocycles. The summed E-state index contributed by atoms with van der Waals surface area (Å²) in [6.45, 7) is 2.12. The summed E-state index contributed by atoms with van der Waals surface area (Å²) in [6, 6.07) is 2.42. The van der Waals surface area contributed by atoms with Gasteiger partial charge in [-0.2, -0.15) is 5.10 Å². The van der Waals surface area contributed by atoms with Crippen molar-refractivity contribution in [3.8, 4) is 0 Å². The molecule has 0 aliphatic carbocycles. The average molecular weight is 251 g/mol. The van der Waals surface area contributed by atoms with Crippen molar-refractivity contribution >= 4 is 11.5 Å². The van der Waals surface area contributed by atoms with Crippen LogP contribution in [0.3, 0.4) is 0 Å². The van der Waals surface area contributed by atoms with Gasteiger partial charge in [0.2, 0.25) is 0 Å². The lowest BCUT2D eigenvalue weighted by atomic mass is 10.1. The maximum Gasteiger partial charge on any atom is 0.0669 e. The monoisotopic (exact) mass is 251 g/mol. The molecule has 2 heterocycles. The highest BCUT2D eigenvalue weighted by molar-refractivity contribution is 7.05. The first kappa shape index (κ1) is 12.2. The SMILES string of the molecule is CCc1cc(CC(NC)c2cnns2)n(C)n1. The number of nitrogens with one attached hydrogen (secondary N) is 1. The van der Waals surface area contributed by atoms with Crippen molar-refractivity contribution in [2.24, 2.45) is 7.05 Å². The van der Waals surface area contributed by atoms with Gasteiger partial charge >= 0.3 is 0 Å². The second-order valence-corrected chi connectivity index (χ2v) is 4.79. The molecule has 17 heavy (non-hydrogen) atoms. The topological polar surface area (TPSA) is 55.6 Å².